The van der Waals surface area contributed by atoms with E-state index in [2.05, 4.69) is 33.0 Å². The molecule has 6 atom stereocenters. The van der Waals surface area contributed by atoms with Crippen molar-refractivity contribution in [1.29, 1.82) is 0 Å². The number of piperazine rings is 1. The van der Waals surface area contributed by atoms with Gasteiger partial charge in [-0.05, 0) is 67.7 Å². The largest absolute Gasteiger partial charge is 0.343 e. The lowest BCUT2D eigenvalue weighted by molar-refractivity contribution is -0.158. The van der Waals surface area contributed by atoms with Crippen LogP contribution in [0.2, 0.25) is 0 Å². The fraction of sp³-hybridized carbons (Fsp3) is 0.476. The number of nitrogens with one attached hydrogen (secondary N) is 3. The number of carbonyl (C=O) groups excluding carboxylic acids is 4. The number of hydrogen-bond donors (Lipinski definition) is 5. The molecule has 6 rings (SSSR count). The normalized spacial score (nSPS) is 19.0. The average molecular weight is 724 g/mol. The van der Waals surface area contributed by atoms with Gasteiger partial charge in [0.05, 0.1) is 6.04 Å². The number of carbonyl (C=O) groups is 4. The quantitative estimate of drug-likeness (QED) is 0.119. The van der Waals surface area contributed by atoms with Crippen LogP contribution in [0.3, 0.4) is 0 Å². The van der Waals surface area contributed by atoms with E-state index in [-0.39, 0.29) is 30.3 Å². The van der Waals surface area contributed by atoms with Gasteiger partial charge < -0.3 is 32.3 Å². The molecule has 3 aliphatic rings. The average Bonchev–Trinajstić information content (AvgIpc) is 3.14. The Labute approximate surface area is 314 Å². The number of rotatable bonds is 19. The van der Waals surface area contributed by atoms with Crippen LogP contribution in [-0.2, 0) is 38.6 Å². The molecule has 0 spiro atoms. The molecule has 6 unspecified atom stereocenters. The summed E-state index contributed by atoms with van der Waals surface area (Å²) in [5.41, 5.74) is 15.1. The zero-order valence-corrected chi connectivity index (χ0v) is 31.2. The predicted octanol–water partition coefficient (Wildman–Crippen LogP) is 2.91. The Hall–Kier alpha value is -4.58. The van der Waals surface area contributed by atoms with Crippen LogP contribution >= 0.6 is 0 Å². The second-order valence-electron chi connectivity index (χ2n) is 15.1. The number of nitrogens with zero attached hydrogens (tertiary/aromatic N) is 2. The van der Waals surface area contributed by atoms with Gasteiger partial charge in [-0.3, -0.25) is 24.1 Å². The van der Waals surface area contributed by atoms with Crippen LogP contribution in [0, 0.1) is 5.92 Å². The first-order chi connectivity index (χ1) is 25.6. The fourth-order valence-electron chi connectivity index (χ4n) is 7.50. The van der Waals surface area contributed by atoms with Crippen molar-refractivity contribution >= 4 is 23.6 Å². The lowest BCUT2D eigenvalue weighted by Gasteiger charge is -2.57. The molecule has 3 aromatic rings. The molecule has 11 heteroatoms. The lowest BCUT2D eigenvalue weighted by Crippen LogP contribution is -2.72. The molecule has 3 aromatic carbocycles. The standard InChI is InChI=1S/C42H57N7O4/c1-29(2)22-37(47-41(52)38(24-31-16-8-4-9-17-31)46-39(50)35(44)23-30-14-6-3-7-15-30)40(51)45-36(20-12-13-21-43)42(53)49-33-25-34(49)28-48(27-33)26-32-18-10-5-11-19-32/h3-11,14-19,29,33-38H,12-13,20-28,43-44H2,1-2H3,(H,45,51)(H,46,50)(H,47,52). The van der Waals surface area contributed by atoms with Gasteiger partial charge in [0.25, 0.3) is 0 Å². The Balaban J connectivity index is 1.26. The van der Waals surface area contributed by atoms with Gasteiger partial charge in [-0.25, -0.2) is 0 Å². The topological polar surface area (TPSA) is 163 Å². The van der Waals surface area contributed by atoms with Crippen LogP contribution in [0.25, 0.3) is 0 Å². The summed E-state index contributed by atoms with van der Waals surface area (Å²) in [7, 11) is 0. The van der Waals surface area contributed by atoms with Crippen LogP contribution in [-0.4, -0.2) is 89.3 Å². The first kappa shape index (κ1) is 39.6. The molecule has 0 aliphatic carbocycles. The van der Waals surface area contributed by atoms with Crippen molar-refractivity contribution in [3.8, 4) is 0 Å². The second-order valence-corrected chi connectivity index (χ2v) is 15.1. The van der Waals surface area contributed by atoms with Crippen LogP contribution in [0.5, 0.6) is 0 Å². The summed E-state index contributed by atoms with van der Waals surface area (Å²) < 4.78 is 0. The van der Waals surface area contributed by atoms with Crippen molar-refractivity contribution in [2.24, 2.45) is 17.4 Å². The van der Waals surface area contributed by atoms with Gasteiger partial charge in [-0.2, -0.15) is 0 Å². The van der Waals surface area contributed by atoms with Crippen molar-refractivity contribution in [1.82, 2.24) is 25.8 Å². The molecular weight excluding hydrogens is 667 g/mol. The van der Waals surface area contributed by atoms with Gasteiger partial charge in [-0.15, -0.1) is 0 Å². The van der Waals surface area contributed by atoms with E-state index in [9.17, 15) is 19.2 Å². The van der Waals surface area contributed by atoms with Gasteiger partial charge in [0, 0.05) is 38.1 Å². The molecular formula is C42H57N7O4. The van der Waals surface area contributed by atoms with Gasteiger partial charge in [0.1, 0.15) is 18.1 Å². The molecule has 284 valence electrons. The van der Waals surface area contributed by atoms with Gasteiger partial charge in [-0.1, -0.05) is 105 Å². The minimum absolute atomic E-state index is 0.0595. The minimum atomic E-state index is -0.976. The summed E-state index contributed by atoms with van der Waals surface area (Å²) in [5.74, 6) is -1.38. The molecule has 0 aromatic heterocycles. The van der Waals surface area contributed by atoms with Crippen LogP contribution in [0.1, 0.15) is 62.6 Å². The molecule has 11 nitrogen and oxygen atoms in total. The summed E-state index contributed by atoms with van der Waals surface area (Å²) in [6, 6.07) is 25.9. The highest BCUT2D eigenvalue weighted by atomic mass is 16.2. The monoisotopic (exact) mass is 723 g/mol. The van der Waals surface area contributed by atoms with E-state index in [0.717, 1.165) is 43.6 Å². The van der Waals surface area contributed by atoms with Crippen LogP contribution in [0.15, 0.2) is 91.0 Å². The highest BCUT2D eigenvalue weighted by molar-refractivity contribution is 5.95. The third kappa shape index (κ3) is 11.5. The molecule has 3 saturated heterocycles. The third-order valence-corrected chi connectivity index (χ3v) is 10.2. The van der Waals surface area contributed by atoms with E-state index >= 15 is 0 Å². The van der Waals surface area contributed by atoms with E-state index in [1.165, 1.54) is 5.56 Å². The maximum Gasteiger partial charge on any atom is 0.245 e. The van der Waals surface area contributed by atoms with Crippen molar-refractivity contribution in [2.75, 3.05) is 19.6 Å². The van der Waals surface area contributed by atoms with Gasteiger partial charge in [0.15, 0.2) is 0 Å². The molecule has 4 amide bonds. The molecule has 3 aliphatic heterocycles. The summed E-state index contributed by atoms with van der Waals surface area (Å²) in [5, 5.41) is 8.85. The van der Waals surface area contributed by atoms with Crippen LogP contribution < -0.4 is 27.4 Å². The highest BCUT2D eigenvalue weighted by Gasteiger charge is 2.48. The Bertz CT molecular complexity index is 1610. The number of benzene rings is 3. The van der Waals surface area contributed by atoms with E-state index in [0.29, 0.717) is 32.2 Å². The van der Waals surface area contributed by atoms with E-state index in [4.69, 9.17) is 11.5 Å². The van der Waals surface area contributed by atoms with E-state index in [1.807, 2.05) is 97.6 Å². The zero-order valence-electron chi connectivity index (χ0n) is 31.2. The highest BCUT2D eigenvalue weighted by Crippen LogP contribution is 2.34. The lowest BCUT2D eigenvalue weighted by atomic mass is 9.85. The Morgan fingerprint density at radius 2 is 1.19 bits per heavy atom. The third-order valence-electron chi connectivity index (χ3n) is 10.2. The minimum Gasteiger partial charge on any atom is -0.343 e. The molecule has 3 heterocycles. The maximum atomic E-state index is 14.1. The van der Waals surface area contributed by atoms with Gasteiger partial charge >= 0.3 is 0 Å². The number of piperidine rings is 1. The first-order valence-corrected chi connectivity index (χ1v) is 19.1. The molecule has 3 fully saturated rings. The molecule has 2 bridgehead atoms. The number of unbranched alkanes of at least 4 members (excludes halogenated alkanes) is 1. The molecule has 0 saturated carbocycles. The fourth-order valence-corrected chi connectivity index (χ4v) is 7.50. The zero-order chi connectivity index (χ0) is 37.7. The van der Waals surface area contributed by atoms with E-state index < -0.39 is 41.9 Å². The summed E-state index contributed by atoms with van der Waals surface area (Å²) >= 11 is 0. The Kier molecular flexibility index (Phi) is 14.6. The van der Waals surface area contributed by atoms with Crippen molar-refractivity contribution in [3.05, 3.63) is 108 Å². The van der Waals surface area contributed by atoms with Crippen molar-refractivity contribution in [2.45, 2.75) is 102 Å². The SMILES string of the molecule is CC(C)CC(NC(=O)C(Cc1ccccc1)NC(=O)C(N)Cc1ccccc1)C(=O)NC(CCCCN)C(=O)N1C2CC1CN(Cc1ccccc1)C2. The number of amides is 4. The Morgan fingerprint density at radius 1 is 0.679 bits per heavy atom. The predicted molar refractivity (Wildman–Crippen MR) is 207 cm³/mol. The van der Waals surface area contributed by atoms with Crippen molar-refractivity contribution in [3.63, 3.8) is 0 Å². The molecule has 7 N–H and O–H groups in total. The number of fused-ring (bicyclic) bond motifs is 2. The smallest absolute Gasteiger partial charge is 0.245 e. The molecule has 53 heavy (non-hydrogen) atoms. The van der Waals surface area contributed by atoms with E-state index in [1.54, 1.807) is 0 Å². The Morgan fingerprint density at radius 3 is 1.75 bits per heavy atom. The second kappa shape index (κ2) is 19.5. The molecule has 0 radical (unpaired) electrons. The summed E-state index contributed by atoms with van der Waals surface area (Å²) in [6.45, 7) is 6.86. The number of hydrogen-bond acceptors (Lipinski definition) is 7. The van der Waals surface area contributed by atoms with Gasteiger partial charge in [0.2, 0.25) is 23.6 Å². The van der Waals surface area contributed by atoms with Crippen molar-refractivity contribution < 1.29 is 19.2 Å². The van der Waals surface area contributed by atoms with Crippen LogP contribution in [0.4, 0.5) is 0 Å². The first-order valence-electron chi connectivity index (χ1n) is 19.1. The number of nitrogens with two attached hydrogens (primary N) is 2. The summed E-state index contributed by atoms with van der Waals surface area (Å²) in [4.78, 5) is 59.9. The summed E-state index contributed by atoms with van der Waals surface area (Å²) in [6.07, 6.45) is 3.71. The maximum absolute atomic E-state index is 14.1.